The molecular formula is C25H36O. The summed E-state index contributed by atoms with van der Waals surface area (Å²) in [5.74, 6) is 5.68. The third-order valence-corrected chi connectivity index (χ3v) is 8.41. The van der Waals surface area contributed by atoms with Crippen LogP contribution in [0.5, 0.6) is 5.75 Å². The van der Waals surface area contributed by atoms with Crippen molar-refractivity contribution in [1.82, 2.24) is 0 Å². The van der Waals surface area contributed by atoms with Crippen LogP contribution in [0.15, 0.2) is 24.3 Å². The molecule has 5 fully saturated rings. The summed E-state index contributed by atoms with van der Waals surface area (Å²) in [5.41, 5.74) is 2.13. The molecule has 0 N–H and O–H groups in total. The van der Waals surface area contributed by atoms with E-state index in [9.17, 15) is 0 Å². The van der Waals surface area contributed by atoms with Gasteiger partial charge in [0.15, 0.2) is 0 Å². The molecule has 0 aliphatic heterocycles. The minimum Gasteiger partial charge on any atom is -0.490 e. The number of rotatable bonds is 6. The Morgan fingerprint density at radius 2 is 1.54 bits per heavy atom. The van der Waals surface area contributed by atoms with E-state index in [0.717, 1.165) is 35.3 Å². The molecule has 0 spiro atoms. The summed E-state index contributed by atoms with van der Waals surface area (Å²) in [5, 5.41) is 0. The summed E-state index contributed by atoms with van der Waals surface area (Å²) in [7, 11) is 0. The number of benzene rings is 1. The molecule has 5 aliphatic carbocycles. The Morgan fingerprint density at radius 3 is 2.08 bits per heavy atom. The van der Waals surface area contributed by atoms with E-state index in [4.69, 9.17) is 4.74 Å². The van der Waals surface area contributed by atoms with Crippen molar-refractivity contribution in [3.63, 3.8) is 0 Å². The lowest BCUT2D eigenvalue weighted by Gasteiger charge is -2.57. The van der Waals surface area contributed by atoms with Crippen molar-refractivity contribution in [3.05, 3.63) is 29.8 Å². The number of hydrogen-bond acceptors (Lipinski definition) is 1. The fraction of sp³-hybridized carbons (Fsp3) is 0.760. The summed E-state index contributed by atoms with van der Waals surface area (Å²) >= 11 is 0. The normalized spacial score (nSPS) is 43.3. The Kier molecular flexibility index (Phi) is 4.33. The van der Waals surface area contributed by atoms with E-state index in [0.29, 0.717) is 11.5 Å². The van der Waals surface area contributed by atoms with E-state index >= 15 is 0 Å². The maximum absolute atomic E-state index is 6.45. The summed E-state index contributed by atoms with van der Waals surface area (Å²) < 4.78 is 6.45. The van der Waals surface area contributed by atoms with Gasteiger partial charge in [0, 0.05) is 0 Å². The van der Waals surface area contributed by atoms with Crippen molar-refractivity contribution in [3.8, 4) is 5.75 Å². The zero-order valence-electron chi connectivity index (χ0n) is 16.8. The van der Waals surface area contributed by atoms with Crippen LogP contribution < -0.4 is 4.74 Å². The van der Waals surface area contributed by atoms with Crippen LogP contribution in [0.1, 0.15) is 83.6 Å². The molecule has 26 heavy (non-hydrogen) atoms. The third-order valence-electron chi connectivity index (χ3n) is 8.41. The molecule has 0 amide bonds. The molecule has 5 saturated carbocycles. The molecule has 1 heteroatoms. The van der Waals surface area contributed by atoms with Crippen LogP contribution in [-0.4, -0.2) is 6.10 Å². The largest absolute Gasteiger partial charge is 0.490 e. The van der Waals surface area contributed by atoms with Crippen molar-refractivity contribution in [1.29, 1.82) is 0 Å². The number of unbranched alkanes of at least 4 members (excludes halogenated alkanes) is 1. The molecule has 1 aromatic rings. The average Bonchev–Trinajstić information content (AvgIpc) is 2.62. The van der Waals surface area contributed by atoms with E-state index in [2.05, 4.69) is 38.1 Å². The van der Waals surface area contributed by atoms with Crippen LogP contribution in [-0.2, 0) is 5.41 Å². The second kappa shape index (κ2) is 6.57. The Bertz CT molecular complexity index is 595. The minimum atomic E-state index is 0.451. The lowest BCUT2D eigenvalue weighted by atomic mass is 9.48. The van der Waals surface area contributed by atoms with E-state index < -0.39 is 0 Å². The third kappa shape index (κ3) is 2.90. The van der Waals surface area contributed by atoms with Crippen LogP contribution in [0.25, 0.3) is 0 Å². The highest BCUT2D eigenvalue weighted by atomic mass is 16.5. The van der Waals surface area contributed by atoms with Crippen molar-refractivity contribution in [2.45, 2.75) is 89.6 Å². The smallest absolute Gasteiger partial charge is 0.119 e. The zero-order chi connectivity index (χ0) is 17.7. The second-order valence-corrected chi connectivity index (χ2v) is 10.4. The van der Waals surface area contributed by atoms with Crippen molar-refractivity contribution in [2.75, 3.05) is 0 Å². The predicted molar refractivity (Wildman–Crippen MR) is 108 cm³/mol. The summed E-state index contributed by atoms with van der Waals surface area (Å²) in [4.78, 5) is 0. The number of ether oxygens (including phenoxy) is 1. The monoisotopic (exact) mass is 352 g/mol. The molecule has 0 radical (unpaired) electrons. The van der Waals surface area contributed by atoms with Crippen LogP contribution >= 0.6 is 0 Å². The van der Waals surface area contributed by atoms with Crippen molar-refractivity contribution >= 4 is 0 Å². The first-order valence-corrected chi connectivity index (χ1v) is 11.4. The first kappa shape index (κ1) is 17.1. The van der Waals surface area contributed by atoms with Gasteiger partial charge in [-0.1, -0.05) is 38.8 Å². The maximum Gasteiger partial charge on any atom is 0.119 e. The topological polar surface area (TPSA) is 9.23 Å². The van der Waals surface area contributed by atoms with Gasteiger partial charge in [-0.2, -0.15) is 0 Å². The first-order chi connectivity index (χ1) is 12.6. The fourth-order valence-electron chi connectivity index (χ4n) is 7.48. The predicted octanol–water partition coefficient (Wildman–Crippen LogP) is 6.75. The van der Waals surface area contributed by atoms with Gasteiger partial charge >= 0.3 is 0 Å². The van der Waals surface area contributed by atoms with Gasteiger partial charge in [-0.25, -0.2) is 0 Å². The molecule has 0 heterocycles. The SMILES string of the molecule is CCCCC1CC(C)[C@@H]1Oc1ccc(C23CC4CC(CC(C4)C2)C3)cc1. The van der Waals surface area contributed by atoms with Crippen LogP contribution in [0, 0.1) is 29.6 Å². The van der Waals surface area contributed by atoms with Gasteiger partial charge in [0.05, 0.1) is 0 Å². The van der Waals surface area contributed by atoms with Gasteiger partial charge in [0.2, 0.25) is 0 Å². The van der Waals surface area contributed by atoms with Gasteiger partial charge in [0.25, 0.3) is 0 Å². The summed E-state index contributed by atoms with van der Waals surface area (Å²) in [6.45, 7) is 4.65. The molecule has 5 aliphatic rings. The molecule has 1 aromatic carbocycles. The van der Waals surface area contributed by atoms with Gasteiger partial charge < -0.3 is 4.74 Å². The molecular weight excluding hydrogens is 316 g/mol. The fourth-order valence-corrected chi connectivity index (χ4v) is 7.48. The summed E-state index contributed by atoms with van der Waals surface area (Å²) in [6, 6.07) is 9.42. The lowest BCUT2D eigenvalue weighted by Crippen LogP contribution is -2.48. The molecule has 0 saturated heterocycles. The molecule has 6 rings (SSSR count). The van der Waals surface area contributed by atoms with E-state index in [1.165, 1.54) is 64.2 Å². The Balaban J connectivity index is 1.28. The summed E-state index contributed by atoms with van der Waals surface area (Å²) in [6.07, 6.45) is 14.8. The first-order valence-electron chi connectivity index (χ1n) is 11.4. The van der Waals surface area contributed by atoms with Gasteiger partial charge in [-0.3, -0.25) is 0 Å². The second-order valence-electron chi connectivity index (χ2n) is 10.4. The minimum absolute atomic E-state index is 0.451. The molecule has 0 aromatic heterocycles. The van der Waals surface area contributed by atoms with Crippen molar-refractivity contribution in [2.24, 2.45) is 29.6 Å². The Morgan fingerprint density at radius 1 is 0.923 bits per heavy atom. The van der Waals surface area contributed by atoms with E-state index in [-0.39, 0.29) is 0 Å². The highest BCUT2D eigenvalue weighted by Gasteiger charge is 2.51. The Labute approximate surface area is 159 Å². The van der Waals surface area contributed by atoms with E-state index in [1.54, 1.807) is 5.56 Å². The molecule has 2 unspecified atom stereocenters. The van der Waals surface area contributed by atoms with Crippen LogP contribution in [0.3, 0.4) is 0 Å². The number of hydrogen-bond donors (Lipinski definition) is 0. The highest BCUT2D eigenvalue weighted by molar-refractivity contribution is 5.35. The molecule has 1 nitrogen and oxygen atoms in total. The molecule has 142 valence electrons. The standard InChI is InChI=1S/C25H36O/c1-3-4-5-21-10-17(2)24(21)26-23-8-6-22(7-9-23)25-14-18-11-19(15-25)13-20(12-18)16-25/h6-9,17-21,24H,3-5,10-16H2,1-2H3/t17?,18?,19?,20?,21?,24-,25?/m0/s1. The van der Waals surface area contributed by atoms with Gasteiger partial charge in [-0.15, -0.1) is 0 Å². The molecule has 4 bridgehead atoms. The maximum atomic E-state index is 6.45. The van der Waals surface area contributed by atoms with Crippen LogP contribution in [0.4, 0.5) is 0 Å². The lowest BCUT2D eigenvalue weighted by molar-refractivity contribution is -0.0170. The Hall–Kier alpha value is -0.980. The average molecular weight is 353 g/mol. The van der Waals surface area contributed by atoms with Gasteiger partial charge in [0.1, 0.15) is 11.9 Å². The zero-order valence-corrected chi connectivity index (χ0v) is 16.8. The quantitative estimate of drug-likeness (QED) is 0.550. The van der Waals surface area contributed by atoms with Gasteiger partial charge in [-0.05, 0) is 104 Å². The van der Waals surface area contributed by atoms with E-state index in [1.807, 2.05) is 0 Å². The van der Waals surface area contributed by atoms with Crippen LogP contribution in [0.2, 0.25) is 0 Å². The van der Waals surface area contributed by atoms with Crippen molar-refractivity contribution < 1.29 is 4.74 Å². The molecule has 3 atom stereocenters. The highest BCUT2D eigenvalue weighted by Crippen LogP contribution is 2.60.